The number of nitrogens with zero attached hydrogens (tertiary/aromatic N) is 2. The number of hydrogen-bond acceptors (Lipinski definition) is 0. The highest BCUT2D eigenvalue weighted by atomic mass is 15.2. The molecule has 220 valence electrons. The lowest BCUT2D eigenvalue weighted by Crippen LogP contribution is -2.41. The highest BCUT2D eigenvalue weighted by Gasteiger charge is 2.25. The maximum absolute atomic E-state index is 2.73. The van der Waals surface area contributed by atoms with E-state index in [1.807, 2.05) is 0 Å². The van der Waals surface area contributed by atoms with Crippen molar-refractivity contribution in [1.29, 1.82) is 0 Å². The fourth-order valence-corrected chi connectivity index (χ4v) is 6.11. The minimum absolute atomic E-state index is 0.519. The molecule has 1 heterocycles. The number of unbranched alkanes of at least 4 members (excludes halogenated alkanes) is 13. The second kappa shape index (κ2) is 19.7. The van der Waals surface area contributed by atoms with Gasteiger partial charge in [0.2, 0.25) is 0 Å². The molecule has 1 aromatic heterocycles. The Morgan fingerprint density at radius 2 is 1.15 bits per heavy atom. The van der Waals surface area contributed by atoms with E-state index in [0.717, 1.165) is 25.9 Å². The van der Waals surface area contributed by atoms with Crippen LogP contribution in [0.3, 0.4) is 0 Å². The zero-order valence-electron chi connectivity index (χ0n) is 26.3. The third kappa shape index (κ3) is 11.6. The van der Waals surface area contributed by atoms with Crippen molar-refractivity contribution in [2.24, 2.45) is 0 Å². The summed E-state index contributed by atoms with van der Waals surface area (Å²) in [6, 6.07) is 22.2. The monoisotopic (exact) mass is 543 g/mol. The first-order chi connectivity index (χ1) is 19.7. The molecule has 1 unspecified atom stereocenters. The van der Waals surface area contributed by atoms with Crippen LogP contribution in [0.2, 0.25) is 0 Å². The molecule has 0 N–H and O–H groups in total. The molecule has 3 aromatic rings. The number of benzene rings is 2. The molecule has 0 aliphatic heterocycles. The van der Waals surface area contributed by atoms with Gasteiger partial charge in [-0.25, -0.2) is 9.13 Å². The van der Waals surface area contributed by atoms with Crippen LogP contribution in [-0.4, -0.2) is 4.57 Å². The predicted molar refractivity (Wildman–Crippen MR) is 173 cm³/mol. The van der Waals surface area contributed by atoms with Crippen molar-refractivity contribution in [2.75, 3.05) is 0 Å². The molecule has 0 saturated heterocycles. The van der Waals surface area contributed by atoms with Gasteiger partial charge in [-0.05, 0) is 42.7 Å². The van der Waals surface area contributed by atoms with Crippen molar-refractivity contribution in [2.45, 2.75) is 149 Å². The molecule has 0 fully saturated rings. The molecular formula is C38H59N2+. The Balaban J connectivity index is 1.71. The molecule has 1 atom stereocenters. The fraction of sp³-hybridized carbons (Fsp3) is 0.605. The number of hydrogen-bond donors (Lipinski definition) is 0. The van der Waals surface area contributed by atoms with Crippen LogP contribution in [0.5, 0.6) is 0 Å². The topological polar surface area (TPSA) is 8.81 Å². The van der Waals surface area contributed by atoms with Crippen molar-refractivity contribution in [3.05, 3.63) is 89.5 Å². The van der Waals surface area contributed by atoms with Crippen LogP contribution in [0.15, 0.2) is 66.9 Å². The number of aromatic nitrogens is 2. The minimum atomic E-state index is 0.519. The predicted octanol–water partition coefficient (Wildman–Crippen LogP) is 10.6. The molecule has 0 radical (unpaired) electrons. The van der Waals surface area contributed by atoms with E-state index in [4.69, 9.17) is 0 Å². The molecule has 0 amide bonds. The van der Waals surface area contributed by atoms with Gasteiger partial charge in [0.05, 0.1) is 19.5 Å². The average molecular weight is 544 g/mol. The van der Waals surface area contributed by atoms with E-state index in [1.54, 1.807) is 0 Å². The first kappa shape index (κ1) is 32.2. The summed E-state index contributed by atoms with van der Waals surface area (Å²) >= 11 is 0. The van der Waals surface area contributed by atoms with Crippen LogP contribution < -0.4 is 4.57 Å². The van der Waals surface area contributed by atoms with Gasteiger partial charge in [-0.1, -0.05) is 152 Å². The van der Waals surface area contributed by atoms with Crippen molar-refractivity contribution in [3.8, 4) is 0 Å². The maximum Gasteiger partial charge on any atom is 0.261 e. The second-order valence-electron chi connectivity index (χ2n) is 12.2. The van der Waals surface area contributed by atoms with Gasteiger partial charge in [0.25, 0.3) is 5.82 Å². The number of imidazole rings is 1. The van der Waals surface area contributed by atoms with Gasteiger partial charge in [0.15, 0.2) is 0 Å². The van der Waals surface area contributed by atoms with Crippen molar-refractivity contribution < 1.29 is 4.57 Å². The van der Waals surface area contributed by atoms with Crippen LogP contribution in [0, 0.1) is 0 Å². The maximum atomic E-state index is 2.73. The summed E-state index contributed by atoms with van der Waals surface area (Å²) < 4.78 is 5.35. The summed E-state index contributed by atoms with van der Waals surface area (Å²) in [6.45, 7) is 9.31. The Hall–Kier alpha value is -2.35. The molecule has 2 heteroatoms. The van der Waals surface area contributed by atoms with Gasteiger partial charge in [-0.2, -0.15) is 0 Å². The lowest BCUT2D eigenvalue weighted by molar-refractivity contribution is -0.710. The van der Waals surface area contributed by atoms with Crippen LogP contribution in [0.25, 0.3) is 0 Å². The first-order valence-electron chi connectivity index (χ1n) is 16.9. The third-order valence-electron chi connectivity index (χ3n) is 8.62. The summed E-state index contributed by atoms with van der Waals surface area (Å²) in [4.78, 5) is 0. The van der Waals surface area contributed by atoms with Crippen LogP contribution in [0.4, 0.5) is 0 Å². The molecule has 0 aliphatic rings. The molecule has 0 spiro atoms. The second-order valence-corrected chi connectivity index (χ2v) is 12.2. The Labute approximate surface area is 247 Å². The Morgan fingerprint density at radius 1 is 0.625 bits per heavy atom. The normalized spacial score (nSPS) is 12.2. The van der Waals surface area contributed by atoms with Gasteiger partial charge in [-0.3, -0.25) is 0 Å². The van der Waals surface area contributed by atoms with Gasteiger partial charge in [0.1, 0.15) is 11.9 Å². The number of aryl methyl sites for hydroxylation is 1. The summed E-state index contributed by atoms with van der Waals surface area (Å²) in [6.07, 6.45) is 25.2. The molecule has 40 heavy (non-hydrogen) atoms. The molecule has 0 aliphatic carbocycles. The Bertz CT molecular complexity index is 1020. The fourth-order valence-electron chi connectivity index (χ4n) is 6.11. The van der Waals surface area contributed by atoms with Gasteiger partial charge in [-0.15, -0.1) is 0 Å². The van der Waals surface area contributed by atoms with Gasteiger partial charge < -0.3 is 0 Å². The lowest BCUT2D eigenvalue weighted by Gasteiger charge is -2.12. The molecule has 0 saturated carbocycles. The molecular weight excluding hydrogens is 484 g/mol. The smallest absolute Gasteiger partial charge is 0.234 e. The molecule has 0 bridgehead atoms. The van der Waals surface area contributed by atoms with E-state index in [2.05, 4.69) is 96.8 Å². The van der Waals surface area contributed by atoms with E-state index in [0.29, 0.717) is 5.92 Å². The summed E-state index contributed by atoms with van der Waals surface area (Å²) in [5.41, 5.74) is 4.39. The molecule has 3 rings (SSSR count). The van der Waals surface area contributed by atoms with E-state index >= 15 is 0 Å². The third-order valence-corrected chi connectivity index (χ3v) is 8.62. The summed E-state index contributed by atoms with van der Waals surface area (Å²) in [5, 5.41) is 0. The highest BCUT2D eigenvalue weighted by Crippen LogP contribution is 2.21. The zero-order valence-corrected chi connectivity index (χ0v) is 26.3. The lowest BCUT2D eigenvalue weighted by atomic mass is 9.96. The van der Waals surface area contributed by atoms with Crippen LogP contribution in [-0.2, 0) is 25.9 Å². The number of rotatable bonds is 22. The summed E-state index contributed by atoms with van der Waals surface area (Å²) in [7, 11) is 0. The average Bonchev–Trinajstić information content (AvgIpc) is 3.29. The minimum Gasteiger partial charge on any atom is -0.234 e. The SMILES string of the molecule is CCCCCCCCCCCC[n+]1c(CC(C)c2ccccc2)cn(CCCCCCC)c1Cc1ccccc1. The quantitative estimate of drug-likeness (QED) is 0.0880. The summed E-state index contributed by atoms with van der Waals surface area (Å²) in [5.74, 6) is 2.03. The zero-order chi connectivity index (χ0) is 28.3. The Morgan fingerprint density at radius 3 is 1.75 bits per heavy atom. The Kier molecular flexibility index (Phi) is 15.8. The van der Waals surface area contributed by atoms with Crippen molar-refractivity contribution in [1.82, 2.24) is 4.57 Å². The van der Waals surface area contributed by atoms with Crippen molar-refractivity contribution in [3.63, 3.8) is 0 Å². The van der Waals surface area contributed by atoms with Crippen LogP contribution in [0.1, 0.15) is 146 Å². The van der Waals surface area contributed by atoms with Gasteiger partial charge in [0, 0.05) is 6.42 Å². The largest absolute Gasteiger partial charge is 0.261 e. The van der Waals surface area contributed by atoms with Crippen LogP contribution >= 0.6 is 0 Å². The standard InChI is InChI=1S/C38H59N2/c1-4-6-8-10-11-12-13-14-16-24-30-40-37(31-34(3)36-27-21-18-22-28-36)33-39(29-23-15-9-7-5-2)38(40)32-35-25-19-17-20-26-35/h17-22,25-28,33-34H,4-16,23-24,29-32H2,1-3H3/q+1. The van der Waals surface area contributed by atoms with Gasteiger partial charge >= 0.3 is 0 Å². The van der Waals surface area contributed by atoms with E-state index < -0.39 is 0 Å². The van der Waals surface area contributed by atoms with Crippen molar-refractivity contribution >= 4 is 0 Å². The molecule has 2 aromatic carbocycles. The van der Waals surface area contributed by atoms with E-state index in [1.165, 1.54) is 119 Å². The first-order valence-corrected chi connectivity index (χ1v) is 16.9. The van der Waals surface area contributed by atoms with E-state index in [9.17, 15) is 0 Å². The highest BCUT2D eigenvalue weighted by molar-refractivity contribution is 5.21. The van der Waals surface area contributed by atoms with E-state index in [-0.39, 0.29) is 0 Å². The molecule has 2 nitrogen and oxygen atoms in total.